The van der Waals surface area contributed by atoms with E-state index in [4.69, 9.17) is 16.3 Å². The van der Waals surface area contributed by atoms with E-state index in [0.29, 0.717) is 10.6 Å². The van der Waals surface area contributed by atoms with Crippen molar-refractivity contribution < 1.29 is 27.1 Å². The second-order valence-corrected chi connectivity index (χ2v) is 8.50. The molecule has 0 bridgehead atoms. The lowest BCUT2D eigenvalue weighted by Gasteiger charge is -2.19. The van der Waals surface area contributed by atoms with Crippen molar-refractivity contribution in [1.82, 2.24) is 4.31 Å². The van der Waals surface area contributed by atoms with Crippen molar-refractivity contribution in [2.75, 3.05) is 13.1 Å². The molecule has 0 saturated carbocycles. The molecule has 0 radical (unpaired) electrons. The summed E-state index contributed by atoms with van der Waals surface area (Å²) in [5, 5.41) is 0.458. The van der Waals surface area contributed by atoms with Gasteiger partial charge in [0.15, 0.2) is 6.10 Å². The minimum atomic E-state index is -4.11. The Bertz CT molecular complexity index is 1000. The molecule has 0 spiro atoms. The van der Waals surface area contributed by atoms with Crippen LogP contribution in [0.25, 0.3) is 0 Å². The Morgan fingerprint density at radius 2 is 1.62 bits per heavy atom. The number of ether oxygens (including phenoxy) is 1. The zero-order valence-corrected chi connectivity index (χ0v) is 17.8. The van der Waals surface area contributed by atoms with Crippen LogP contribution >= 0.6 is 11.6 Å². The van der Waals surface area contributed by atoms with E-state index in [9.17, 15) is 22.4 Å². The number of esters is 1. The van der Waals surface area contributed by atoms with Gasteiger partial charge in [0.1, 0.15) is 10.7 Å². The van der Waals surface area contributed by atoms with Gasteiger partial charge in [-0.15, -0.1) is 0 Å². The minimum absolute atomic E-state index is 0.152. The van der Waals surface area contributed by atoms with E-state index < -0.39 is 38.6 Å². The fourth-order valence-electron chi connectivity index (χ4n) is 2.66. The van der Waals surface area contributed by atoms with Gasteiger partial charge in [0, 0.05) is 23.7 Å². The number of benzene rings is 2. The maximum atomic E-state index is 14.2. The quantitative estimate of drug-likeness (QED) is 0.458. The number of hydrogen-bond donors (Lipinski definition) is 0. The minimum Gasteiger partial charge on any atom is -0.451 e. The SMILES string of the molecule is CCN(CC)S(=O)(=O)c1cc(C(=O)OC(C)C(=O)c2ccc(Cl)cc2)ccc1F. The average molecular weight is 442 g/mol. The van der Waals surface area contributed by atoms with Crippen LogP contribution in [-0.4, -0.2) is 43.7 Å². The van der Waals surface area contributed by atoms with E-state index in [1.54, 1.807) is 13.8 Å². The summed E-state index contributed by atoms with van der Waals surface area (Å²) in [6.07, 6.45) is -1.13. The summed E-state index contributed by atoms with van der Waals surface area (Å²) in [5.74, 6) is -2.36. The molecule has 0 saturated heterocycles. The largest absolute Gasteiger partial charge is 0.451 e. The van der Waals surface area contributed by atoms with Gasteiger partial charge in [0.05, 0.1) is 5.56 Å². The molecule has 1 atom stereocenters. The van der Waals surface area contributed by atoms with Gasteiger partial charge in [-0.3, -0.25) is 4.79 Å². The number of carbonyl (C=O) groups is 2. The maximum absolute atomic E-state index is 14.2. The second kappa shape index (κ2) is 9.47. The molecule has 1 unspecified atom stereocenters. The van der Waals surface area contributed by atoms with Crippen LogP contribution < -0.4 is 0 Å². The van der Waals surface area contributed by atoms with E-state index in [0.717, 1.165) is 22.5 Å². The fourth-order valence-corrected chi connectivity index (χ4v) is 4.34. The highest BCUT2D eigenvalue weighted by Crippen LogP contribution is 2.22. The highest BCUT2D eigenvalue weighted by Gasteiger charge is 2.27. The van der Waals surface area contributed by atoms with Crippen LogP contribution in [-0.2, 0) is 14.8 Å². The molecule has 0 heterocycles. The topological polar surface area (TPSA) is 80.8 Å². The normalized spacial score (nSPS) is 12.6. The van der Waals surface area contributed by atoms with Crippen LogP contribution in [0.15, 0.2) is 47.4 Å². The predicted molar refractivity (Wildman–Crippen MR) is 107 cm³/mol. The van der Waals surface area contributed by atoms with Crippen LogP contribution in [0.5, 0.6) is 0 Å². The number of rotatable bonds is 8. The first-order valence-corrected chi connectivity index (χ1v) is 10.7. The van der Waals surface area contributed by atoms with E-state index in [1.165, 1.54) is 31.2 Å². The molecule has 0 fully saturated rings. The van der Waals surface area contributed by atoms with Crippen LogP contribution in [0.3, 0.4) is 0 Å². The zero-order valence-electron chi connectivity index (χ0n) is 16.2. The Labute approximate surface area is 174 Å². The zero-order chi connectivity index (χ0) is 21.8. The van der Waals surface area contributed by atoms with Gasteiger partial charge in [-0.2, -0.15) is 4.31 Å². The molecule has 9 heteroatoms. The molecule has 0 aliphatic heterocycles. The lowest BCUT2D eigenvalue weighted by molar-refractivity contribution is 0.0318. The highest BCUT2D eigenvalue weighted by molar-refractivity contribution is 7.89. The Morgan fingerprint density at radius 3 is 2.17 bits per heavy atom. The van der Waals surface area contributed by atoms with Gasteiger partial charge in [-0.05, 0) is 49.4 Å². The smallest absolute Gasteiger partial charge is 0.338 e. The van der Waals surface area contributed by atoms with E-state index in [-0.39, 0.29) is 18.7 Å². The molecule has 2 aromatic rings. The van der Waals surface area contributed by atoms with Crippen molar-refractivity contribution in [3.05, 3.63) is 64.4 Å². The van der Waals surface area contributed by atoms with Gasteiger partial charge < -0.3 is 4.74 Å². The molecule has 0 N–H and O–H groups in total. The second-order valence-electron chi connectivity index (χ2n) is 6.15. The first-order chi connectivity index (χ1) is 13.6. The maximum Gasteiger partial charge on any atom is 0.338 e. The number of Topliss-reactive ketones (excluding diaryl/α,β-unsaturated/α-hetero) is 1. The van der Waals surface area contributed by atoms with Crippen molar-refractivity contribution >= 4 is 33.4 Å². The Hall–Kier alpha value is -2.29. The molecule has 0 aliphatic rings. The standard InChI is InChI=1S/C20H21ClFNO5S/c1-4-23(5-2)29(26,27)18-12-15(8-11-17(18)22)20(25)28-13(3)19(24)14-6-9-16(21)10-7-14/h6-13H,4-5H2,1-3H3. The van der Waals surface area contributed by atoms with Gasteiger partial charge in [0.25, 0.3) is 0 Å². The summed E-state index contributed by atoms with van der Waals surface area (Å²) in [4.78, 5) is 24.2. The Kier molecular flexibility index (Phi) is 7.51. The summed E-state index contributed by atoms with van der Waals surface area (Å²) < 4.78 is 45.6. The van der Waals surface area contributed by atoms with Gasteiger partial charge in [-0.1, -0.05) is 25.4 Å². The third kappa shape index (κ3) is 5.20. The number of hydrogen-bond acceptors (Lipinski definition) is 5. The van der Waals surface area contributed by atoms with Crippen molar-refractivity contribution in [3.63, 3.8) is 0 Å². The first kappa shape index (κ1) is 23.0. The van der Waals surface area contributed by atoms with Gasteiger partial charge in [0.2, 0.25) is 15.8 Å². The van der Waals surface area contributed by atoms with Crippen LogP contribution in [0, 0.1) is 5.82 Å². The third-order valence-electron chi connectivity index (χ3n) is 4.27. The average Bonchev–Trinajstić information content (AvgIpc) is 2.68. The summed E-state index contributed by atoms with van der Waals surface area (Å²) in [6, 6.07) is 8.99. The molecule has 0 amide bonds. The van der Waals surface area contributed by atoms with Crippen molar-refractivity contribution in [1.29, 1.82) is 0 Å². The molecular weight excluding hydrogens is 421 g/mol. The lowest BCUT2D eigenvalue weighted by Crippen LogP contribution is -2.31. The summed E-state index contributed by atoms with van der Waals surface area (Å²) in [7, 11) is -4.11. The summed E-state index contributed by atoms with van der Waals surface area (Å²) in [6.45, 7) is 4.95. The van der Waals surface area contributed by atoms with Gasteiger partial charge in [-0.25, -0.2) is 17.6 Å². The van der Waals surface area contributed by atoms with Crippen molar-refractivity contribution in [2.24, 2.45) is 0 Å². The first-order valence-electron chi connectivity index (χ1n) is 8.92. The Morgan fingerprint density at radius 1 is 1.07 bits per heavy atom. The van der Waals surface area contributed by atoms with E-state index in [2.05, 4.69) is 0 Å². The Balaban J connectivity index is 2.25. The summed E-state index contributed by atoms with van der Waals surface area (Å²) >= 11 is 5.79. The molecule has 6 nitrogen and oxygen atoms in total. The van der Waals surface area contributed by atoms with Crippen molar-refractivity contribution in [3.8, 4) is 0 Å². The number of nitrogens with zero attached hydrogens (tertiary/aromatic N) is 1. The molecule has 0 aliphatic carbocycles. The molecule has 2 rings (SSSR count). The molecule has 29 heavy (non-hydrogen) atoms. The number of ketones is 1. The summed E-state index contributed by atoms with van der Waals surface area (Å²) in [5.41, 5.74) is 0.131. The van der Waals surface area contributed by atoms with Crippen LogP contribution in [0.2, 0.25) is 5.02 Å². The molecule has 2 aromatic carbocycles. The third-order valence-corrected chi connectivity index (χ3v) is 6.59. The predicted octanol–water partition coefficient (Wildman–Crippen LogP) is 3.94. The number of sulfonamides is 1. The molecule has 156 valence electrons. The van der Waals surface area contributed by atoms with Crippen LogP contribution in [0.4, 0.5) is 4.39 Å². The van der Waals surface area contributed by atoms with E-state index in [1.807, 2.05) is 0 Å². The molecule has 0 aromatic heterocycles. The molecular formula is C20H21ClFNO5S. The highest BCUT2D eigenvalue weighted by atomic mass is 35.5. The lowest BCUT2D eigenvalue weighted by atomic mass is 10.1. The monoisotopic (exact) mass is 441 g/mol. The number of halogens is 2. The van der Waals surface area contributed by atoms with Crippen molar-refractivity contribution in [2.45, 2.75) is 31.8 Å². The van der Waals surface area contributed by atoms with E-state index >= 15 is 0 Å². The van der Waals surface area contributed by atoms with Gasteiger partial charge >= 0.3 is 5.97 Å². The number of carbonyl (C=O) groups excluding carboxylic acids is 2. The fraction of sp³-hybridized carbons (Fsp3) is 0.300. The van der Waals surface area contributed by atoms with Crippen LogP contribution in [0.1, 0.15) is 41.5 Å².